The lowest BCUT2D eigenvalue weighted by atomic mass is 10.1. The summed E-state index contributed by atoms with van der Waals surface area (Å²) < 4.78 is 50.8. The third-order valence-corrected chi connectivity index (χ3v) is 4.01. The monoisotopic (exact) mass is 448 g/mol. The van der Waals surface area contributed by atoms with E-state index in [1.54, 1.807) is 19.2 Å². The highest BCUT2D eigenvalue weighted by molar-refractivity contribution is 5.89. The van der Waals surface area contributed by atoms with Crippen molar-refractivity contribution in [3.05, 3.63) is 60.7 Å². The van der Waals surface area contributed by atoms with Crippen LogP contribution in [0.15, 0.2) is 60.7 Å². The predicted molar refractivity (Wildman–Crippen MR) is 110 cm³/mol. The Kier molecular flexibility index (Phi) is 7.32. The van der Waals surface area contributed by atoms with Crippen LogP contribution in [0.25, 0.3) is 11.3 Å². The molecule has 2 N–H and O–H groups in total. The maximum absolute atomic E-state index is 12.1. The van der Waals surface area contributed by atoms with Crippen LogP contribution < -0.4 is 24.8 Å². The fraction of sp³-hybridized carbons (Fsp3) is 0.190. The van der Waals surface area contributed by atoms with Gasteiger partial charge in [-0.05, 0) is 54.6 Å². The number of anilines is 1. The molecule has 0 bridgehead atoms. The molecule has 0 unspecified atom stereocenters. The maximum atomic E-state index is 12.1. The molecule has 0 atom stereocenters. The number of rotatable bonds is 8. The van der Waals surface area contributed by atoms with Gasteiger partial charge in [0.2, 0.25) is 5.88 Å². The van der Waals surface area contributed by atoms with E-state index < -0.39 is 12.4 Å². The van der Waals surface area contributed by atoms with Crippen molar-refractivity contribution in [2.75, 3.05) is 25.6 Å². The molecule has 32 heavy (non-hydrogen) atoms. The van der Waals surface area contributed by atoms with Crippen molar-refractivity contribution in [3.63, 3.8) is 0 Å². The molecule has 3 aromatic rings. The van der Waals surface area contributed by atoms with Gasteiger partial charge in [-0.25, -0.2) is 4.79 Å². The van der Waals surface area contributed by atoms with E-state index in [2.05, 4.69) is 25.6 Å². The molecule has 1 aromatic heterocycles. The number of alkyl halides is 3. The average Bonchev–Trinajstić information content (AvgIpc) is 2.78. The first-order chi connectivity index (χ1) is 15.3. The van der Waals surface area contributed by atoms with E-state index in [9.17, 15) is 18.0 Å². The number of carbonyl (C=O) groups is 1. The van der Waals surface area contributed by atoms with Crippen LogP contribution in [0.3, 0.4) is 0 Å². The van der Waals surface area contributed by atoms with Gasteiger partial charge in [0.05, 0.1) is 19.3 Å². The second-order valence-corrected chi connectivity index (χ2v) is 6.29. The van der Waals surface area contributed by atoms with Crippen molar-refractivity contribution in [1.82, 2.24) is 15.5 Å². The minimum Gasteiger partial charge on any atom is -0.497 e. The highest BCUT2D eigenvalue weighted by Gasteiger charge is 2.30. The first kappa shape index (κ1) is 22.7. The standard InChI is InChI=1S/C21H19F3N4O4/c1-30-16-6-2-14(3-7-16)18-10-11-19(28-27-18)31-13-12-25-20(29)26-15-4-8-17(9-5-15)32-21(22,23)24/h2-11H,12-13H2,1H3,(H2,25,26,29). The van der Waals surface area contributed by atoms with E-state index in [1.165, 1.54) is 12.1 Å². The van der Waals surface area contributed by atoms with Gasteiger partial charge in [-0.2, -0.15) is 0 Å². The van der Waals surface area contributed by atoms with Crippen LogP contribution in [0.2, 0.25) is 0 Å². The molecule has 0 aliphatic rings. The van der Waals surface area contributed by atoms with E-state index in [0.29, 0.717) is 17.3 Å². The van der Waals surface area contributed by atoms with Crippen LogP contribution in [0.1, 0.15) is 0 Å². The van der Waals surface area contributed by atoms with Crippen molar-refractivity contribution in [2.24, 2.45) is 0 Å². The van der Waals surface area contributed by atoms with Crippen molar-refractivity contribution in [3.8, 4) is 28.6 Å². The summed E-state index contributed by atoms with van der Waals surface area (Å²) in [6.07, 6.45) is -4.77. The number of halogens is 3. The summed E-state index contributed by atoms with van der Waals surface area (Å²) in [5.41, 5.74) is 1.85. The molecule has 0 saturated carbocycles. The Morgan fingerprint density at radius 3 is 2.22 bits per heavy atom. The van der Waals surface area contributed by atoms with Crippen molar-refractivity contribution >= 4 is 11.7 Å². The molecule has 168 valence electrons. The Balaban J connectivity index is 1.39. The van der Waals surface area contributed by atoms with Crippen LogP contribution >= 0.6 is 0 Å². The molecule has 0 radical (unpaired) electrons. The maximum Gasteiger partial charge on any atom is 0.573 e. The van der Waals surface area contributed by atoms with Crippen LogP contribution in [0, 0.1) is 0 Å². The normalized spacial score (nSPS) is 10.9. The van der Waals surface area contributed by atoms with Gasteiger partial charge in [0.15, 0.2) is 0 Å². The number of methoxy groups -OCH3 is 1. The number of ether oxygens (including phenoxy) is 3. The lowest BCUT2D eigenvalue weighted by Crippen LogP contribution is -2.32. The lowest BCUT2D eigenvalue weighted by molar-refractivity contribution is -0.274. The molecular weight excluding hydrogens is 429 g/mol. The quantitative estimate of drug-likeness (QED) is 0.501. The number of urea groups is 1. The number of carbonyl (C=O) groups excluding carboxylic acids is 1. The van der Waals surface area contributed by atoms with Gasteiger partial charge in [0.25, 0.3) is 0 Å². The summed E-state index contributed by atoms with van der Waals surface area (Å²) in [7, 11) is 1.59. The highest BCUT2D eigenvalue weighted by atomic mass is 19.4. The number of benzene rings is 2. The van der Waals surface area contributed by atoms with E-state index in [4.69, 9.17) is 9.47 Å². The molecule has 3 rings (SSSR count). The largest absolute Gasteiger partial charge is 0.573 e. The smallest absolute Gasteiger partial charge is 0.497 e. The first-order valence-electron chi connectivity index (χ1n) is 9.34. The lowest BCUT2D eigenvalue weighted by Gasteiger charge is -2.11. The van der Waals surface area contributed by atoms with Gasteiger partial charge >= 0.3 is 12.4 Å². The molecule has 0 spiro atoms. The number of aromatic nitrogens is 2. The molecule has 0 aliphatic carbocycles. The van der Waals surface area contributed by atoms with Gasteiger partial charge in [-0.1, -0.05) is 0 Å². The second-order valence-electron chi connectivity index (χ2n) is 6.29. The Hall–Kier alpha value is -4.02. The summed E-state index contributed by atoms with van der Waals surface area (Å²) in [6, 6.07) is 15.0. The number of hydrogen-bond donors (Lipinski definition) is 2. The molecule has 0 saturated heterocycles. The molecule has 2 amide bonds. The summed E-state index contributed by atoms with van der Waals surface area (Å²) in [6.45, 7) is 0.311. The zero-order chi connectivity index (χ0) is 23.0. The Morgan fingerprint density at radius 1 is 0.938 bits per heavy atom. The average molecular weight is 448 g/mol. The second kappa shape index (κ2) is 10.3. The SMILES string of the molecule is COc1ccc(-c2ccc(OCCNC(=O)Nc3ccc(OC(F)(F)F)cc3)nn2)cc1. The fourth-order valence-corrected chi connectivity index (χ4v) is 2.55. The van der Waals surface area contributed by atoms with Crippen LogP contribution in [0.4, 0.5) is 23.7 Å². The summed E-state index contributed by atoms with van der Waals surface area (Å²) in [4.78, 5) is 11.9. The third kappa shape index (κ3) is 7.04. The molecule has 1 heterocycles. The number of hydrogen-bond acceptors (Lipinski definition) is 6. The summed E-state index contributed by atoms with van der Waals surface area (Å²) in [5.74, 6) is 0.659. The van der Waals surface area contributed by atoms with Crippen LogP contribution in [-0.2, 0) is 0 Å². The zero-order valence-electron chi connectivity index (χ0n) is 16.8. The van der Waals surface area contributed by atoms with E-state index in [-0.39, 0.29) is 18.9 Å². The fourth-order valence-electron chi connectivity index (χ4n) is 2.55. The minimum atomic E-state index is -4.77. The first-order valence-corrected chi connectivity index (χ1v) is 9.34. The van der Waals surface area contributed by atoms with Gasteiger partial charge in [0.1, 0.15) is 18.1 Å². The molecule has 2 aromatic carbocycles. The van der Waals surface area contributed by atoms with Gasteiger partial charge in [-0.15, -0.1) is 23.4 Å². The van der Waals surface area contributed by atoms with Crippen molar-refractivity contribution < 1.29 is 32.2 Å². The van der Waals surface area contributed by atoms with Gasteiger partial charge in [-0.3, -0.25) is 0 Å². The topological polar surface area (TPSA) is 94.6 Å². The van der Waals surface area contributed by atoms with Crippen LogP contribution in [0.5, 0.6) is 17.4 Å². The van der Waals surface area contributed by atoms with Gasteiger partial charge < -0.3 is 24.8 Å². The van der Waals surface area contributed by atoms with Crippen molar-refractivity contribution in [2.45, 2.75) is 6.36 Å². The van der Waals surface area contributed by atoms with Crippen LogP contribution in [-0.4, -0.2) is 42.9 Å². The molecule has 11 heteroatoms. The number of nitrogens with one attached hydrogen (secondary N) is 2. The Morgan fingerprint density at radius 2 is 1.62 bits per heavy atom. The molecular formula is C21H19F3N4O4. The van der Waals surface area contributed by atoms with E-state index in [1.807, 2.05) is 24.3 Å². The minimum absolute atomic E-state index is 0.141. The number of amides is 2. The molecule has 8 nitrogen and oxygen atoms in total. The summed E-state index contributed by atoms with van der Waals surface area (Å²) >= 11 is 0. The van der Waals surface area contributed by atoms with Gasteiger partial charge in [0, 0.05) is 17.3 Å². The molecule has 0 fully saturated rings. The Bertz CT molecular complexity index is 1010. The third-order valence-electron chi connectivity index (χ3n) is 4.01. The highest BCUT2D eigenvalue weighted by Crippen LogP contribution is 2.24. The Labute approximate surface area is 181 Å². The number of nitrogens with zero attached hydrogens (tertiary/aromatic N) is 2. The predicted octanol–water partition coefficient (Wildman–Crippen LogP) is 4.25. The van der Waals surface area contributed by atoms with E-state index >= 15 is 0 Å². The van der Waals surface area contributed by atoms with E-state index in [0.717, 1.165) is 23.4 Å². The van der Waals surface area contributed by atoms with Crippen molar-refractivity contribution in [1.29, 1.82) is 0 Å². The zero-order valence-corrected chi connectivity index (χ0v) is 16.8. The molecule has 0 aliphatic heterocycles. The summed E-state index contributed by atoms with van der Waals surface area (Å²) in [5, 5.41) is 13.1.